The van der Waals surface area contributed by atoms with Crippen LogP contribution in [0.25, 0.3) is 5.69 Å². The van der Waals surface area contributed by atoms with Crippen molar-refractivity contribution >= 4 is 29.3 Å². The number of ether oxygens (including phenoxy) is 1. The quantitative estimate of drug-likeness (QED) is 0.629. The van der Waals surface area contributed by atoms with Crippen LogP contribution >= 0.6 is 11.6 Å². The van der Waals surface area contributed by atoms with Crippen molar-refractivity contribution in [2.75, 3.05) is 11.9 Å². The first-order valence-electron chi connectivity index (χ1n) is 10.3. The lowest BCUT2D eigenvalue weighted by atomic mass is 10.1. The van der Waals surface area contributed by atoms with Crippen molar-refractivity contribution in [2.24, 2.45) is 0 Å². The predicted molar refractivity (Wildman–Crippen MR) is 122 cm³/mol. The fourth-order valence-corrected chi connectivity index (χ4v) is 3.77. The molecule has 2 aromatic carbocycles. The molecule has 4 rings (SSSR count). The van der Waals surface area contributed by atoms with Gasteiger partial charge in [-0.2, -0.15) is 0 Å². The predicted octanol–water partition coefficient (Wildman–Crippen LogP) is 4.23. The third-order valence-corrected chi connectivity index (χ3v) is 5.50. The molecule has 7 nitrogen and oxygen atoms in total. The fraction of sp³-hybridized carbons (Fsp3) is 0.208. The molecule has 1 saturated heterocycles. The van der Waals surface area contributed by atoms with Crippen LogP contribution < -0.4 is 10.9 Å². The van der Waals surface area contributed by atoms with Crippen LogP contribution in [0.3, 0.4) is 0 Å². The molecule has 2 heterocycles. The van der Waals surface area contributed by atoms with Crippen LogP contribution in [0, 0.1) is 0 Å². The van der Waals surface area contributed by atoms with E-state index in [0.717, 1.165) is 17.7 Å². The number of nitrogens with one attached hydrogen (secondary N) is 1. The van der Waals surface area contributed by atoms with Crippen molar-refractivity contribution in [3.63, 3.8) is 0 Å². The maximum atomic E-state index is 12.9. The summed E-state index contributed by atoms with van der Waals surface area (Å²) in [6.45, 7) is 0.537. The molecule has 0 bridgehead atoms. The topological polar surface area (TPSA) is 80.6 Å². The molecule has 1 aliphatic rings. The van der Waals surface area contributed by atoms with Gasteiger partial charge in [-0.15, -0.1) is 0 Å². The molecule has 1 fully saturated rings. The lowest BCUT2D eigenvalue weighted by Crippen LogP contribution is -2.40. The Balaban J connectivity index is 1.36. The third kappa shape index (κ3) is 5.18. The summed E-state index contributed by atoms with van der Waals surface area (Å²) in [5, 5.41) is 3.22. The summed E-state index contributed by atoms with van der Waals surface area (Å²) in [6, 6.07) is 18.9. The number of anilines is 1. The molecule has 0 saturated carbocycles. The van der Waals surface area contributed by atoms with E-state index in [2.05, 4.69) is 5.32 Å². The van der Waals surface area contributed by atoms with E-state index >= 15 is 0 Å². The molecule has 0 aliphatic carbocycles. The molecule has 32 heavy (non-hydrogen) atoms. The van der Waals surface area contributed by atoms with E-state index in [-0.39, 0.29) is 17.9 Å². The van der Waals surface area contributed by atoms with E-state index in [0.29, 0.717) is 23.7 Å². The number of aromatic nitrogens is 1. The van der Waals surface area contributed by atoms with Gasteiger partial charge in [-0.1, -0.05) is 29.8 Å². The minimum Gasteiger partial charge on any atom is -0.425 e. The minimum atomic E-state index is -0.616. The van der Waals surface area contributed by atoms with Gasteiger partial charge in [0.15, 0.2) is 6.23 Å². The first-order valence-corrected chi connectivity index (χ1v) is 10.7. The zero-order chi connectivity index (χ0) is 22.5. The smallest absolute Gasteiger partial charge is 0.413 e. The van der Waals surface area contributed by atoms with Crippen LogP contribution in [0.1, 0.15) is 18.4 Å². The van der Waals surface area contributed by atoms with E-state index in [1.807, 2.05) is 24.3 Å². The van der Waals surface area contributed by atoms with Crippen LogP contribution in [0.2, 0.25) is 5.02 Å². The maximum Gasteiger partial charge on any atom is 0.413 e. The zero-order valence-electron chi connectivity index (χ0n) is 17.2. The van der Waals surface area contributed by atoms with Gasteiger partial charge < -0.3 is 9.64 Å². The first-order chi connectivity index (χ1) is 15.5. The summed E-state index contributed by atoms with van der Waals surface area (Å²) in [4.78, 5) is 38.7. The molecule has 2 amide bonds. The summed E-state index contributed by atoms with van der Waals surface area (Å²) >= 11 is 5.85. The third-order valence-electron chi connectivity index (χ3n) is 5.24. The van der Waals surface area contributed by atoms with E-state index in [4.69, 9.17) is 16.3 Å². The van der Waals surface area contributed by atoms with Gasteiger partial charge in [-0.05, 0) is 54.4 Å². The summed E-state index contributed by atoms with van der Waals surface area (Å²) < 4.78 is 7.03. The molecule has 0 unspecified atom stereocenters. The maximum absolute atomic E-state index is 12.9. The number of hydrogen-bond acceptors (Lipinski definition) is 4. The molecule has 1 aliphatic heterocycles. The number of carbonyl (C=O) groups is 2. The van der Waals surface area contributed by atoms with Gasteiger partial charge in [-0.25, -0.2) is 4.79 Å². The Morgan fingerprint density at radius 2 is 1.78 bits per heavy atom. The number of amides is 2. The summed E-state index contributed by atoms with van der Waals surface area (Å²) in [7, 11) is 0. The monoisotopic (exact) mass is 451 g/mol. The lowest BCUT2D eigenvalue weighted by molar-refractivity contribution is -0.137. The number of rotatable bonds is 5. The highest BCUT2D eigenvalue weighted by molar-refractivity contribution is 6.30. The first kappa shape index (κ1) is 21.6. The Morgan fingerprint density at radius 1 is 1.03 bits per heavy atom. The summed E-state index contributed by atoms with van der Waals surface area (Å²) in [5.74, 6) is -0.114. The molecule has 0 spiro atoms. The van der Waals surface area contributed by atoms with Gasteiger partial charge in [-0.3, -0.25) is 19.5 Å². The van der Waals surface area contributed by atoms with Gasteiger partial charge in [0.25, 0.3) is 5.56 Å². The second-order valence-electron chi connectivity index (χ2n) is 7.47. The Bertz CT molecular complexity index is 1160. The summed E-state index contributed by atoms with van der Waals surface area (Å²) in [6.07, 6.45) is 2.02. The van der Waals surface area contributed by atoms with Gasteiger partial charge in [0.2, 0.25) is 5.91 Å². The van der Waals surface area contributed by atoms with Crippen molar-refractivity contribution in [3.05, 3.63) is 93.9 Å². The Kier molecular flexibility index (Phi) is 6.56. The molecule has 3 aromatic rings. The highest BCUT2D eigenvalue weighted by Gasteiger charge is 2.31. The zero-order valence-corrected chi connectivity index (χ0v) is 18.0. The standard InChI is InChI=1S/C24H22ClN3O4/c25-18-8-10-19(11-9-18)26-24(31)32-23-5-3-15-28(23)22(30)16-17-6-12-20(13-7-17)27-14-2-1-4-21(27)29/h1-2,4,6-14,23H,3,5,15-16H2,(H,26,31)/t23-/m0/s1. The SMILES string of the molecule is O=C(Nc1ccc(Cl)cc1)O[C@H]1CCCN1C(=O)Cc1ccc(-n2ccccc2=O)cc1. The van der Waals surface area contributed by atoms with E-state index in [9.17, 15) is 14.4 Å². The van der Waals surface area contributed by atoms with Crippen LogP contribution in [0.15, 0.2) is 77.7 Å². The molecule has 1 aromatic heterocycles. The van der Waals surface area contributed by atoms with E-state index in [1.54, 1.807) is 47.5 Å². The number of carbonyl (C=O) groups excluding carboxylic acids is 2. The Labute approximate surface area is 190 Å². The van der Waals surface area contributed by atoms with Crippen molar-refractivity contribution in [1.82, 2.24) is 9.47 Å². The second kappa shape index (κ2) is 9.70. The fourth-order valence-electron chi connectivity index (χ4n) is 3.64. The van der Waals surface area contributed by atoms with Crippen LogP contribution in [-0.2, 0) is 16.0 Å². The largest absolute Gasteiger partial charge is 0.425 e. The highest BCUT2D eigenvalue weighted by atomic mass is 35.5. The number of nitrogens with zero attached hydrogens (tertiary/aromatic N) is 2. The number of likely N-dealkylation sites (tertiary alicyclic amines) is 1. The van der Waals surface area contributed by atoms with Gasteiger partial charge in [0.05, 0.1) is 6.42 Å². The number of hydrogen-bond donors (Lipinski definition) is 1. The van der Waals surface area contributed by atoms with Crippen LogP contribution in [0.5, 0.6) is 0 Å². The van der Waals surface area contributed by atoms with Gasteiger partial charge in [0.1, 0.15) is 0 Å². The Hall–Kier alpha value is -3.58. The number of pyridine rings is 1. The molecule has 164 valence electrons. The van der Waals surface area contributed by atoms with E-state index < -0.39 is 12.3 Å². The van der Waals surface area contributed by atoms with Crippen molar-refractivity contribution in [3.8, 4) is 5.69 Å². The normalized spacial score (nSPS) is 15.4. The second-order valence-corrected chi connectivity index (χ2v) is 7.91. The van der Waals surface area contributed by atoms with Crippen LogP contribution in [0.4, 0.5) is 10.5 Å². The number of benzene rings is 2. The number of halogens is 1. The van der Waals surface area contributed by atoms with E-state index in [1.165, 1.54) is 10.6 Å². The molecule has 1 N–H and O–H groups in total. The Morgan fingerprint density at radius 3 is 2.50 bits per heavy atom. The molecular formula is C24H22ClN3O4. The minimum absolute atomic E-state index is 0.114. The van der Waals surface area contributed by atoms with Gasteiger partial charge in [0, 0.05) is 41.6 Å². The molecule has 8 heteroatoms. The van der Waals surface area contributed by atoms with Gasteiger partial charge >= 0.3 is 6.09 Å². The molecular weight excluding hydrogens is 430 g/mol. The van der Waals surface area contributed by atoms with Crippen molar-refractivity contribution in [1.29, 1.82) is 0 Å². The highest BCUT2D eigenvalue weighted by Crippen LogP contribution is 2.21. The molecule has 1 atom stereocenters. The summed E-state index contributed by atoms with van der Waals surface area (Å²) in [5.41, 5.74) is 1.99. The van der Waals surface area contributed by atoms with Crippen molar-refractivity contribution in [2.45, 2.75) is 25.5 Å². The molecule has 0 radical (unpaired) electrons. The average Bonchev–Trinajstić information content (AvgIpc) is 3.24. The van der Waals surface area contributed by atoms with Crippen LogP contribution in [-0.4, -0.2) is 34.2 Å². The average molecular weight is 452 g/mol. The van der Waals surface area contributed by atoms with Crippen molar-refractivity contribution < 1.29 is 14.3 Å². The lowest BCUT2D eigenvalue weighted by Gasteiger charge is -2.24.